The number of nitrogens with one attached hydrogen (secondary N) is 1. The molecule has 0 radical (unpaired) electrons. The number of aromatic nitrogens is 2. The first kappa shape index (κ1) is 23.5. The molecule has 0 aliphatic carbocycles. The zero-order valence-corrected chi connectivity index (χ0v) is 19.7. The summed E-state index contributed by atoms with van der Waals surface area (Å²) in [6, 6.07) is 27.2. The van der Waals surface area contributed by atoms with E-state index in [1.807, 2.05) is 105 Å². The molecule has 4 rings (SSSR count). The number of amides is 1. The number of carbonyl (C=O) groups is 1. The Bertz CT molecular complexity index is 1380. The highest BCUT2D eigenvalue weighted by Gasteiger charge is 2.16. The van der Waals surface area contributed by atoms with Gasteiger partial charge in [0.15, 0.2) is 0 Å². The van der Waals surface area contributed by atoms with Gasteiger partial charge in [0, 0.05) is 23.9 Å². The molecule has 6 heteroatoms. The number of benzene rings is 3. The summed E-state index contributed by atoms with van der Waals surface area (Å²) >= 11 is 0. The molecule has 0 saturated carbocycles. The highest BCUT2D eigenvalue weighted by molar-refractivity contribution is 6.02. The van der Waals surface area contributed by atoms with Crippen molar-refractivity contribution in [3.63, 3.8) is 0 Å². The van der Waals surface area contributed by atoms with Gasteiger partial charge in [-0.25, -0.2) is 4.68 Å². The van der Waals surface area contributed by atoms with Crippen LogP contribution in [0.1, 0.15) is 23.6 Å². The van der Waals surface area contributed by atoms with E-state index in [1.54, 1.807) is 10.8 Å². The molecular weight excluding hydrogens is 436 g/mol. The highest BCUT2D eigenvalue weighted by Crippen LogP contribution is 2.30. The molecule has 0 unspecified atom stereocenters. The van der Waals surface area contributed by atoms with E-state index in [4.69, 9.17) is 9.84 Å². The average Bonchev–Trinajstić information content (AvgIpc) is 3.32. The van der Waals surface area contributed by atoms with Gasteiger partial charge >= 0.3 is 0 Å². The molecule has 0 bridgehead atoms. The minimum Gasteiger partial charge on any atom is -0.494 e. The molecule has 0 spiro atoms. The highest BCUT2D eigenvalue weighted by atomic mass is 16.5. The monoisotopic (exact) mass is 462 g/mol. The zero-order chi connectivity index (χ0) is 24.6. The number of nitriles is 1. The van der Waals surface area contributed by atoms with E-state index in [2.05, 4.69) is 5.32 Å². The number of ether oxygens (including phenoxy) is 1. The minimum atomic E-state index is -0.433. The Kier molecular flexibility index (Phi) is 7.39. The van der Waals surface area contributed by atoms with Crippen LogP contribution in [0.5, 0.6) is 5.75 Å². The van der Waals surface area contributed by atoms with Crippen molar-refractivity contribution in [2.75, 3.05) is 6.61 Å². The summed E-state index contributed by atoms with van der Waals surface area (Å²) in [5.41, 5.74) is 5.04. The van der Waals surface area contributed by atoms with Crippen molar-refractivity contribution in [2.24, 2.45) is 0 Å². The van der Waals surface area contributed by atoms with Crippen LogP contribution >= 0.6 is 0 Å². The van der Waals surface area contributed by atoms with Gasteiger partial charge in [0.25, 0.3) is 5.91 Å². The van der Waals surface area contributed by atoms with E-state index >= 15 is 0 Å². The van der Waals surface area contributed by atoms with E-state index in [0.29, 0.717) is 24.4 Å². The fourth-order valence-corrected chi connectivity index (χ4v) is 3.72. The molecule has 1 amide bonds. The van der Waals surface area contributed by atoms with Crippen LogP contribution in [0.15, 0.2) is 90.6 Å². The van der Waals surface area contributed by atoms with Crippen molar-refractivity contribution in [2.45, 2.75) is 20.4 Å². The van der Waals surface area contributed by atoms with E-state index in [9.17, 15) is 10.1 Å². The molecule has 6 nitrogen and oxygen atoms in total. The quantitative estimate of drug-likeness (QED) is 0.278. The molecule has 3 aromatic carbocycles. The van der Waals surface area contributed by atoms with Gasteiger partial charge in [0.1, 0.15) is 23.1 Å². The van der Waals surface area contributed by atoms with E-state index in [1.165, 1.54) is 0 Å². The molecule has 0 saturated heterocycles. The van der Waals surface area contributed by atoms with Crippen molar-refractivity contribution in [1.82, 2.24) is 15.1 Å². The summed E-state index contributed by atoms with van der Waals surface area (Å²) < 4.78 is 7.43. The van der Waals surface area contributed by atoms with Gasteiger partial charge in [-0.3, -0.25) is 4.79 Å². The van der Waals surface area contributed by atoms with Crippen LogP contribution in [0, 0.1) is 18.3 Å². The summed E-state index contributed by atoms with van der Waals surface area (Å²) in [5.74, 6) is 0.381. The van der Waals surface area contributed by atoms with E-state index in [0.717, 1.165) is 28.1 Å². The number of hydrogen-bond acceptors (Lipinski definition) is 4. The summed E-state index contributed by atoms with van der Waals surface area (Å²) in [7, 11) is 0. The first-order chi connectivity index (χ1) is 17.1. The second kappa shape index (κ2) is 11.0. The Morgan fingerprint density at radius 2 is 1.80 bits per heavy atom. The number of hydrogen-bond donors (Lipinski definition) is 1. The summed E-state index contributed by atoms with van der Waals surface area (Å²) in [4.78, 5) is 12.8. The Hall–Kier alpha value is -4.63. The lowest BCUT2D eigenvalue weighted by Gasteiger charge is -2.09. The molecule has 35 heavy (non-hydrogen) atoms. The molecular formula is C29H26N4O2. The largest absolute Gasteiger partial charge is 0.494 e. The van der Waals surface area contributed by atoms with Gasteiger partial charge in [-0.05, 0) is 61.4 Å². The number of carbonyl (C=O) groups excluding carboxylic acids is 1. The van der Waals surface area contributed by atoms with Gasteiger partial charge in [-0.1, -0.05) is 48.5 Å². The third-order valence-corrected chi connectivity index (χ3v) is 5.47. The molecule has 1 heterocycles. The topological polar surface area (TPSA) is 79.9 Å². The second-order valence-electron chi connectivity index (χ2n) is 7.96. The predicted molar refractivity (Wildman–Crippen MR) is 137 cm³/mol. The second-order valence-corrected chi connectivity index (χ2v) is 7.96. The lowest BCUT2D eigenvalue weighted by atomic mass is 10.0. The standard InChI is InChI=1S/C29H26N4O2/c1-3-35-27-15-14-23(16-21(27)2)28-25(20-33(32-28)26-12-8-5-9-13-26)17-24(18-30)29(34)31-19-22-10-6-4-7-11-22/h4-17,20H,3,19H2,1-2H3,(H,31,34). The summed E-state index contributed by atoms with van der Waals surface area (Å²) in [5, 5.41) is 17.4. The molecule has 0 fully saturated rings. The molecule has 0 atom stereocenters. The Labute approximate surface area is 205 Å². The van der Waals surface area contributed by atoms with Gasteiger partial charge in [0.2, 0.25) is 0 Å². The third-order valence-electron chi connectivity index (χ3n) is 5.47. The maximum atomic E-state index is 12.8. The van der Waals surface area contributed by atoms with Gasteiger partial charge in [0.05, 0.1) is 12.3 Å². The van der Waals surface area contributed by atoms with Crippen LogP contribution in [0.4, 0.5) is 0 Å². The number of para-hydroxylation sites is 1. The Morgan fingerprint density at radius 3 is 2.46 bits per heavy atom. The number of aryl methyl sites for hydroxylation is 1. The molecule has 4 aromatic rings. The zero-order valence-electron chi connectivity index (χ0n) is 19.7. The van der Waals surface area contributed by atoms with Crippen LogP contribution in [-0.2, 0) is 11.3 Å². The lowest BCUT2D eigenvalue weighted by molar-refractivity contribution is -0.117. The van der Waals surface area contributed by atoms with Crippen molar-refractivity contribution in [1.29, 1.82) is 5.26 Å². The molecule has 0 aliphatic heterocycles. The molecule has 1 aromatic heterocycles. The Balaban J connectivity index is 1.71. The van der Waals surface area contributed by atoms with Crippen molar-refractivity contribution in [3.05, 3.63) is 107 Å². The van der Waals surface area contributed by atoms with Crippen molar-refractivity contribution >= 4 is 12.0 Å². The van der Waals surface area contributed by atoms with Gasteiger partial charge in [-0.15, -0.1) is 0 Å². The normalized spacial score (nSPS) is 11.1. The van der Waals surface area contributed by atoms with Crippen LogP contribution < -0.4 is 10.1 Å². The summed E-state index contributed by atoms with van der Waals surface area (Å²) in [6.07, 6.45) is 3.42. The predicted octanol–water partition coefficient (Wildman–Crippen LogP) is 5.47. The summed E-state index contributed by atoms with van der Waals surface area (Å²) in [6.45, 7) is 4.85. The van der Waals surface area contributed by atoms with E-state index in [-0.39, 0.29) is 5.57 Å². The van der Waals surface area contributed by atoms with E-state index < -0.39 is 5.91 Å². The smallest absolute Gasteiger partial charge is 0.262 e. The van der Waals surface area contributed by atoms with Gasteiger partial charge < -0.3 is 10.1 Å². The Morgan fingerprint density at radius 1 is 1.09 bits per heavy atom. The fourth-order valence-electron chi connectivity index (χ4n) is 3.72. The van der Waals surface area contributed by atoms with Crippen LogP contribution in [0.2, 0.25) is 0 Å². The third kappa shape index (κ3) is 5.66. The first-order valence-electron chi connectivity index (χ1n) is 11.4. The lowest BCUT2D eigenvalue weighted by Crippen LogP contribution is -2.23. The molecule has 1 N–H and O–H groups in total. The maximum Gasteiger partial charge on any atom is 0.262 e. The average molecular weight is 463 g/mol. The first-order valence-corrected chi connectivity index (χ1v) is 11.4. The SMILES string of the molecule is CCOc1ccc(-c2nn(-c3ccccc3)cc2C=C(C#N)C(=O)NCc2ccccc2)cc1C. The van der Waals surface area contributed by atoms with Crippen LogP contribution in [-0.4, -0.2) is 22.3 Å². The van der Waals surface area contributed by atoms with Crippen LogP contribution in [0.25, 0.3) is 23.0 Å². The van der Waals surface area contributed by atoms with Crippen molar-refractivity contribution < 1.29 is 9.53 Å². The number of rotatable bonds is 8. The van der Waals surface area contributed by atoms with Crippen molar-refractivity contribution in [3.8, 4) is 28.8 Å². The number of nitrogens with zero attached hydrogens (tertiary/aromatic N) is 3. The van der Waals surface area contributed by atoms with Gasteiger partial charge in [-0.2, -0.15) is 10.4 Å². The maximum absolute atomic E-state index is 12.8. The minimum absolute atomic E-state index is 0.0115. The molecule has 0 aliphatic rings. The fraction of sp³-hybridized carbons (Fsp3) is 0.138. The van der Waals surface area contributed by atoms with Crippen LogP contribution in [0.3, 0.4) is 0 Å². The molecule has 174 valence electrons.